The summed E-state index contributed by atoms with van der Waals surface area (Å²) in [6, 6.07) is 4.06. The monoisotopic (exact) mass is 302 g/mol. The Labute approximate surface area is 119 Å². The first-order valence-electron chi connectivity index (χ1n) is 6.82. The van der Waals surface area contributed by atoms with Gasteiger partial charge in [0.15, 0.2) is 0 Å². The van der Waals surface area contributed by atoms with Crippen LogP contribution in [-0.2, 0) is 16.6 Å². The van der Waals surface area contributed by atoms with Gasteiger partial charge in [0.2, 0.25) is 0 Å². The van der Waals surface area contributed by atoms with Gasteiger partial charge in [-0.1, -0.05) is 20.3 Å². The van der Waals surface area contributed by atoms with Crippen LogP contribution < -0.4 is 5.32 Å². The number of piperidine rings is 1. The molecule has 0 atom stereocenters. The van der Waals surface area contributed by atoms with E-state index in [0.29, 0.717) is 23.3 Å². The molecule has 1 aliphatic rings. The molecule has 2 heterocycles. The van der Waals surface area contributed by atoms with Crippen molar-refractivity contribution in [3.8, 4) is 0 Å². The van der Waals surface area contributed by atoms with Crippen LogP contribution >= 0.6 is 11.3 Å². The van der Waals surface area contributed by atoms with E-state index in [1.165, 1.54) is 11.3 Å². The molecule has 1 aromatic heterocycles. The molecule has 0 saturated carbocycles. The van der Waals surface area contributed by atoms with Crippen molar-refractivity contribution in [1.29, 1.82) is 0 Å². The highest BCUT2D eigenvalue weighted by Crippen LogP contribution is 2.27. The minimum absolute atomic E-state index is 0.407. The number of nitrogens with one attached hydrogen (secondary N) is 1. The standard InChI is InChI=1S/C13H22N2O2S2/c1-11(2)14-10-12-6-7-13(18-12)19(16,17)15-8-4-3-5-9-15/h6-7,11,14H,3-5,8-10H2,1-2H3. The molecule has 0 aliphatic carbocycles. The molecule has 1 fully saturated rings. The van der Waals surface area contributed by atoms with Gasteiger partial charge in [-0.2, -0.15) is 4.31 Å². The van der Waals surface area contributed by atoms with Crippen LogP contribution in [0, 0.1) is 0 Å². The molecule has 0 amide bonds. The second-order valence-corrected chi connectivity index (χ2v) is 8.55. The van der Waals surface area contributed by atoms with Gasteiger partial charge in [-0.25, -0.2) is 8.42 Å². The first-order valence-corrected chi connectivity index (χ1v) is 9.08. The van der Waals surface area contributed by atoms with Crippen LogP contribution in [0.25, 0.3) is 0 Å². The van der Waals surface area contributed by atoms with Crippen LogP contribution in [0.15, 0.2) is 16.3 Å². The second-order valence-electron chi connectivity index (χ2n) is 5.22. The fourth-order valence-electron chi connectivity index (χ4n) is 2.13. The third kappa shape index (κ3) is 3.78. The van der Waals surface area contributed by atoms with Crippen molar-refractivity contribution in [2.75, 3.05) is 13.1 Å². The van der Waals surface area contributed by atoms with Gasteiger partial charge in [0.25, 0.3) is 10.0 Å². The van der Waals surface area contributed by atoms with E-state index in [9.17, 15) is 8.42 Å². The van der Waals surface area contributed by atoms with E-state index in [2.05, 4.69) is 19.2 Å². The first kappa shape index (κ1) is 15.0. The van der Waals surface area contributed by atoms with Crippen molar-refractivity contribution >= 4 is 21.4 Å². The molecule has 1 aromatic rings. The largest absolute Gasteiger partial charge is 0.310 e. The maximum atomic E-state index is 12.5. The van der Waals surface area contributed by atoms with Crippen molar-refractivity contribution < 1.29 is 8.42 Å². The van der Waals surface area contributed by atoms with E-state index in [1.54, 1.807) is 10.4 Å². The molecule has 0 radical (unpaired) electrons. The Morgan fingerprint density at radius 2 is 1.95 bits per heavy atom. The van der Waals surface area contributed by atoms with Gasteiger partial charge in [-0.05, 0) is 25.0 Å². The van der Waals surface area contributed by atoms with Crippen molar-refractivity contribution in [3.05, 3.63) is 17.0 Å². The van der Waals surface area contributed by atoms with Gasteiger partial charge in [-0.15, -0.1) is 11.3 Å². The zero-order chi connectivity index (χ0) is 13.9. The molecule has 0 unspecified atom stereocenters. The minimum atomic E-state index is -3.26. The molecule has 1 saturated heterocycles. The lowest BCUT2D eigenvalue weighted by molar-refractivity contribution is 0.347. The highest BCUT2D eigenvalue weighted by molar-refractivity contribution is 7.91. The average Bonchev–Trinajstić information content (AvgIpc) is 2.87. The summed E-state index contributed by atoms with van der Waals surface area (Å²) >= 11 is 1.38. The maximum Gasteiger partial charge on any atom is 0.252 e. The second kappa shape index (κ2) is 6.35. The van der Waals surface area contributed by atoms with Crippen LogP contribution in [-0.4, -0.2) is 31.9 Å². The van der Waals surface area contributed by atoms with Crippen LogP contribution in [0.5, 0.6) is 0 Å². The Morgan fingerprint density at radius 3 is 2.58 bits per heavy atom. The summed E-state index contributed by atoms with van der Waals surface area (Å²) in [6.45, 7) is 6.23. The van der Waals surface area contributed by atoms with Gasteiger partial charge in [0.1, 0.15) is 4.21 Å². The van der Waals surface area contributed by atoms with Crippen molar-refractivity contribution in [2.24, 2.45) is 0 Å². The third-order valence-electron chi connectivity index (χ3n) is 3.23. The van der Waals surface area contributed by atoms with Crippen molar-refractivity contribution in [2.45, 2.75) is 49.9 Å². The number of hydrogen-bond acceptors (Lipinski definition) is 4. The lowest BCUT2D eigenvalue weighted by Gasteiger charge is -2.25. The highest BCUT2D eigenvalue weighted by atomic mass is 32.2. The molecule has 0 aromatic carbocycles. The van der Waals surface area contributed by atoms with E-state index in [4.69, 9.17) is 0 Å². The Morgan fingerprint density at radius 1 is 1.26 bits per heavy atom. The van der Waals surface area contributed by atoms with Crippen LogP contribution in [0.3, 0.4) is 0 Å². The van der Waals surface area contributed by atoms with Gasteiger partial charge in [-0.3, -0.25) is 0 Å². The number of nitrogens with zero attached hydrogens (tertiary/aromatic N) is 1. The summed E-state index contributed by atoms with van der Waals surface area (Å²) in [4.78, 5) is 1.07. The number of sulfonamides is 1. The molecule has 6 heteroatoms. The predicted molar refractivity (Wildman–Crippen MR) is 78.9 cm³/mol. The van der Waals surface area contributed by atoms with E-state index in [1.807, 2.05) is 6.07 Å². The number of hydrogen-bond donors (Lipinski definition) is 1. The van der Waals surface area contributed by atoms with Crippen LogP contribution in [0.4, 0.5) is 0 Å². The van der Waals surface area contributed by atoms with E-state index in [-0.39, 0.29) is 0 Å². The summed E-state index contributed by atoms with van der Waals surface area (Å²) in [7, 11) is -3.26. The topological polar surface area (TPSA) is 49.4 Å². The Kier molecular flexibility index (Phi) is 5.00. The molecule has 19 heavy (non-hydrogen) atoms. The fourth-order valence-corrected chi connectivity index (χ4v) is 5.11. The average molecular weight is 302 g/mol. The van der Waals surface area contributed by atoms with Gasteiger partial charge < -0.3 is 5.32 Å². The lowest BCUT2D eigenvalue weighted by atomic mass is 10.2. The van der Waals surface area contributed by atoms with Gasteiger partial charge in [0, 0.05) is 30.6 Å². The summed E-state index contributed by atoms with van der Waals surface area (Å²) in [5.74, 6) is 0. The summed E-state index contributed by atoms with van der Waals surface area (Å²) in [5.41, 5.74) is 0. The third-order valence-corrected chi connectivity index (χ3v) is 6.68. The molecule has 0 spiro atoms. The minimum Gasteiger partial charge on any atom is -0.310 e. The molecular weight excluding hydrogens is 280 g/mol. The number of thiophene rings is 1. The molecule has 1 N–H and O–H groups in total. The summed E-state index contributed by atoms with van der Waals surface area (Å²) in [6.07, 6.45) is 3.10. The number of rotatable bonds is 5. The van der Waals surface area contributed by atoms with Gasteiger partial charge >= 0.3 is 0 Å². The Hall–Kier alpha value is -0.430. The van der Waals surface area contributed by atoms with E-state index >= 15 is 0 Å². The molecule has 2 rings (SSSR count). The van der Waals surface area contributed by atoms with Gasteiger partial charge in [0.05, 0.1) is 0 Å². The van der Waals surface area contributed by atoms with Crippen LogP contribution in [0.1, 0.15) is 38.0 Å². The predicted octanol–water partition coefficient (Wildman–Crippen LogP) is 2.42. The van der Waals surface area contributed by atoms with Crippen molar-refractivity contribution in [3.63, 3.8) is 0 Å². The smallest absolute Gasteiger partial charge is 0.252 e. The van der Waals surface area contributed by atoms with Crippen LogP contribution in [0.2, 0.25) is 0 Å². The van der Waals surface area contributed by atoms with E-state index in [0.717, 1.165) is 30.7 Å². The molecule has 4 nitrogen and oxygen atoms in total. The maximum absolute atomic E-state index is 12.5. The Bertz CT molecular complexity index is 502. The summed E-state index contributed by atoms with van der Waals surface area (Å²) in [5, 5.41) is 3.31. The Balaban J connectivity index is 2.08. The van der Waals surface area contributed by atoms with E-state index < -0.39 is 10.0 Å². The SMILES string of the molecule is CC(C)NCc1ccc(S(=O)(=O)N2CCCCC2)s1. The molecular formula is C13H22N2O2S2. The lowest BCUT2D eigenvalue weighted by Crippen LogP contribution is -2.35. The zero-order valence-electron chi connectivity index (χ0n) is 11.6. The van der Waals surface area contributed by atoms with Crippen molar-refractivity contribution in [1.82, 2.24) is 9.62 Å². The fraction of sp³-hybridized carbons (Fsp3) is 0.692. The normalized spacial score (nSPS) is 18.1. The first-order chi connectivity index (χ1) is 9.00. The summed E-state index contributed by atoms with van der Waals surface area (Å²) < 4.78 is 27.0. The molecule has 108 valence electrons. The zero-order valence-corrected chi connectivity index (χ0v) is 13.2. The molecule has 0 bridgehead atoms. The quantitative estimate of drug-likeness (QED) is 0.909. The molecule has 1 aliphatic heterocycles. The highest BCUT2D eigenvalue weighted by Gasteiger charge is 2.27.